The Hall–Kier alpha value is -2.70. The molecule has 1 atom stereocenters. The number of benzene rings is 1. The van der Waals surface area contributed by atoms with Crippen LogP contribution in [-0.4, -0.2) is 46.1 Å². The van der Waals surface area contributed by atoms with Gasteiger partial charge in [-0.1, -0.05) is 6.07 Å². The maximum Gasteiger partial charge on any atom is 0.253 e. The maximum absolute atomic E-state index is 13.4. The molecule has 130 valence electrons. The van der Waals surface area contributed by atoms with Gasteiger partial charge in [0.2, 0.25) is 5.91 Å². The summed E-state index contributed by atoms with van der Waals surface area (Å²) in [5, 5.41) is 4.12. The molecule has 0 aliphatic carbocycles. The highest BCUT2D eigenvalue weighted by Gasteiger charge is 2.52. The predicted molar refractivity (Wildman–Crippen MR) is 89.5 cm³/mol. The van der Waals surface area contributed by atoms with E-state index in [1.807, 2.05) is 13.2 Å². The largest absolute Gasteiger partial charge is 0.338 e. The zero-order valence-corrected chi connectivity index (χ0v) is 14.0. The number of amides is 2. The van der Waals surface area contributed by atoms with Crippen molar-refractivity contribution in [3.63, 3.8) is 0 Å². The second kappa shape index (κ2) is 5.68. The van der Waals surface area contributed by atoms with Gasteiger partial charge < -0.3 is 9.80 Å². The van der Waals surface area contributed by atoms with Crippen molar-refractivity contribution in [3.8, 4) is 0 Å². The lowest BCUT2D eigenvalue weighted by molar-refractivity contribution is -0.124. The molecule has 2 saturated heterocycles. The van der Waals surface area contributed by atoms with Gasteiger partial charge in [0, 0.05) is 38.4 Å². The van der Waals surface area contributed by atoms with Crippen molar-refractivity contribution >= 4 is 17.5 Å². The van der Waals surface area contributed by atoms with E-state index in [0.717, 1.165) is 5.69 Å². The summed E-state index contributed by atoms with van der Waals surface area (Å²) in [6.45, 7) is 1.53. The van der Waals surface area contributed by atoms with Gasteiger partial charge in [0.05, 0.1) is 17.3 Å². The Morgan fingerprint density at radius 3 is 2.80 bits per heavy atom. The Balaban J connectivity index is 1.52. The number of aryl methyl sites for hydroxylation is 1. The Kier molecular flexibility index (Phi) is 3.59. The third-order valence-corrected chi connectivity index (χ3v) is 5.23. The average Bonchev–Trinajstić information content (AvgIpc) is 3.29. The number of carbonyl (C=O) groups is 2. The summed E-state index contributed by atoms with van der Waals surface area (Å²) >= 11 is 0. The van der Waals surface area contributed by atoms with E-state index in [1.54, 1.807) is 26.7 Å². The van der Waals surface area contributed by atoms with Crippen LogP contribution >= 0.6 is 0 Å². The molecule has 2 aliphatic rings. The van der Waals surface area contributed by atoms with Crippen molar-refractivity contribution in [1.82, 2.24) is 14.7 Å². The second-order valence-electron chi connectivity index (χ2n) is 6.85. The summed E-state index contributed by atoms with van der Waals surface area (Å²) in [6, 6.07) is 5.69. The van der Waals surface area contributed by atoms with Gasteiger partial charge in [-0.15, -0.1) is 0 Å². The SMILES string of the molecule is Cn1cc(N2CCC3(CCN(C(=O)c4cccc(F)c4)C3)C2=O)cn1. The number of rotatable bonds is 2. The first-order chi connectivity index (χ1) is 12.0. The molecule has 0 N–H and O–H groups in total. The van der Waals surface area contributed by atoms with Crippen molar-refractivity contribution in [2.45, 2.75) is 12.8 Å². The molecule has 25 heavy (non-hydrogen) atoms. The predicted octanol–water partition coefficient (Wildman–Crippen LogP) is 1.83. The van der Waals surface area contributed by atoms with E-state index in [-0.39, 0.29) is 11.8 Å². The molecule has 0 saturated carbocycles. The lowest BCUT2D eigenvalue weighted by Crippen LogP contribution is -2.38. The van der Waals surface area contributed by atoms with Crippen LogP contribution in [-0.2, 0) is 11.8 Å². The number of hydrogen-bond acceptors (Lipinski definition) is 3. The lowest BCUT2D eigenvalue weighted by atomic mass is 9.85. The van der Waals surface area contributed by atoms with Gasteiger partial charge in [-0.05, 0) is 31.0 Å². The van der Waals surface area contributed by atoms with E-state index < -0.39 is 11.2 Å². The molecule has 3 heterocycles. The van der Waals surface area contributed by atoms with Gasteiger partial charge >= 0.3 is 0 Å². The third kappa shape index (κ3) is 2.59. The molecule has 2 aliphatic heterocycles. The highest BCUT2D eigenvalue weighted by Crippen LogP contribution is 2.42. The Bertz CT molecular complexity index is 849. The molecule has 1 unspecified atom stereocenters. The molecule has 1 aromatic heterocycles. The van der Waals surface area contributed by atoms with Crippen LogP contribution in [0.3, 0.4) is 0 Å². The zero-order chi connectivity index (χ0) is 17.6. The summed E-state index contributed by atoms with van der Waals surface area (Å²) in [5.41, 5.74) is 0.588. The fraction of sp³-hybridized carbons (Fsp3) is 0.389. The molecule has 2 aromatic rings. The number of likely N-dealkylation sites (tertiary alicyclic amines) is 1. The van der Waals surface area contributed by atoms with Gasteiger partial charge in [-0.25, -0.2) is 4.39 Å². The Morgan fingerprint density at radius 2 is 2.08 bits per heavy atom. The number of hydrogen-bond donors (Lipinski definition) is 0. The number of nitrogens with zero attached hydrogens (tertiary/aromatic N) is 4. The van der Waals surface area contributed by atoms with Crippen LogP contribution < -0.4 is 4.90 Å². The molecule has 1 spiro atoms. The summed E-state index contributed by atoms with van der Waals surface area (Å²) in [4.78, 5) is 29.0. The van der Waals surface area contributed by atoms with Crippen molar-refractivity contribution in [2.75, 3.05) is 24.5 Å². The standard InChI is InChI=1S/C18H19FN4O2/c1-21-11-15(10-20-21)23-8-6-18(17(23)25)5-7-22(12-18)16(24)13-3-2-4-14(19)9-13/h2-4,9-11H,5-8,12H2,1H3. The lowest BCUT2D eigenvalue weighted by Gasteiger charge is -2.23. The fourth-order valence-corrected chi connectivity index (χ4v) is 3.84. The molecule has 0 bridgehead atoms. The summed E-state index contributed by atoms with van der Waals surface area (Å²) < 4.78 is 15.0. The topological polar surface area (TPSA) is 58.4 Å². The Morgan fingerprint density at radius 1 is 1.28 bits per heavy atom. The number of carbonyl (C=O) groups excluding carboxylic acids is 2. The van der Waals surface area contributed by atoms with Gasteiger partial charge in [0.15, 0.2) is 0 Å². The van der Waals surface area contributed by atoms with Crippen molar-refractivity contribution in [2.24, 2.45) is 12.5 Å². The number of anilines is 1. The summed E-state index contributed by atoms with van der Waals surface area (Å²) in [6.07, 6.45) is 4.86. The van der Waals surface area contributed by atoms with E-state index >= 15 is 0 Å². The van der Waals surface area contributed by atoms with Crippen molar-refractivity contribution in [1.29, 1.82) is 0 Å². The van der Waals surface area contributed by atoms with Gasteiger partial charge in [-0.2, -0.15) is 5.10 Å². The fourth-order valence-electron chi connectivity index (χ4n) is 3.84. The van der Waals surface area contributed by atoms with Crippen LogP contribution in [0, 0.1) is 11.2 Å². The third-order valence-electron chi connectivity index (χ3n) is 5.23. The van der Waals surface area contributed by atoms with Crippen LogP contribution in [0.1, 0.15) is 23.2 Å². The van der Waals surface area contributed by atoms with E-state index in [9.17, 15) is 14.0 Å². The molecule has 6 nitrogen and oxygen atoms in total. The minimum absolute atomic E-state index is 0.0510. The van der Waals surface area contributed by atoms with Crippen LogP contribution in [0.25, 0.3) is 0 Å². The molecule has 2 fully saturated rings. The minimum atomic E-state index is -0.529. The summed E-state index contributed by atoms with van der Waals surface area (Å²) in [7, 11) is 1.81. The van der Waals surface area contributed by atoms with Gasteiger partial charge in [0.25, 0.3) is 5.91 Å². The van der Waals surface area contributed by atoms with Crippen LogP contribution in [0.5, 0.6) is 0 Å². The van der Waals surface area contributed by atoms with Crippen LogP contribution in [0.4, 0.5) is 10.1 Å². The average molecular weight is 342 g/mol. The van der Waals surface area contributed by atoms with E-state index in [2.05, 4.69) is 5.10 Å². The molecule has 7 heteroatoms. The normalized spacial score (nSPS) is 23.0. The Labute approximate surface area is 144 Å². The molecular formula is C18H19FN4O2. The zero-order valence-electron chi connectivity index (χ0n) is 14.0. The molecule has 0 radical (unpaired) electrons. The molecule has 1 aromatic carbocycles. The first-order valence-electron chi connectivity index (χ1n) is 8.34. The van der Waals surface area contributed by atoms with Crippen molar-refractivity contribution < 1.29 is 14.0 Å². The highest BCUT2D eigenvalue weighted by atomic mass is 19.1. The molecular weight excluding hydrogens is 323 g/mol. The molecule has 4 rings (SSSR count). The maximum atomic E-state index is 13.4. The summed E-state index contributed by atoms with van der Waals surface area (Å²) in [5.74, 6) is -0.599. The quantitative estimate of drug-likeness (QED) is 0.837. The van der Waals surface area contributed by atoms with E-state index in [0.29, 0.717) is 38.0 Å². The van der Waals surface area contributed by atoms with Crippen LogP contribution in [0.15, 0.2) is 36.7 Å². The smallest absolute Gasteiger partial charge is 0.253 e. The van der Waals surface area contributed by atoms with E-state index in [1.165, 1.54) is 18.2 Å². The van der Waals surface area contributed by atoms with E-state index in [4.69, 9.17) is 0 Å². The number of halogens is 1. The van der Waals surface area contributed by atoms with Crippen LogP contribution in [0.2, 0.25) is 0 Å². The van der Waals surface area contributed by atoms with Gasteiger partial charge in [0.1, 0.15) is 5.82 Å². The first-order valence-corrected chi connectivity index (χ1v) is 8.34. The monoisotopic (exact) mass is 342 g/mol. The minimum Gasteiger partial charge on any atom is -0.338 e. The van der Waals surface area contributed by atoms with Crippen molar-refractivity contribution in [3.05, 3.63) is 48.0 Å². The molecule has 2 amide bonds. The second-order valence-corrected chi connectivity index (χ2v) is 6.85. The van der Waals surface area contributed by atoms with Gasteiger partial charge in [-0.3, -0.25) is 14.3 Å². The first kappa shape index (κ1) is 15.8. The highest BCUT2D eigenvalue weighted by molar-refractivity contribution is 6.01. The number of aromatic nitrogens is 2.